The van der Waals surface area contributed by atoms with Crippen molar-refractivity contribution in [2.45, 2.75) is 128 Å². The van der Waals surface area contributed by atoms with E-state index in [0.29, 0.717) is 0 Å². The first-order chi connectivity index (χ1) is 13.0. The molecule has 0 aromatic rings. The Balaban J connectivity index is 2.00. The minimum atomic E-state index is 0.920. The van der Waals surface area contributed by atoms with Crippen LogP contribution in [-0.4, -0.2) is 26.4 Å². The van der Waals surface area contributed by atoms with Crippen LogP contribution in [0.3, 0.4) is 0 Å². The molecule has 0 saturated carbocycles. The van der Waals surface area contributed by atoms with Gasteiger partial charge in [-0.15, -0.1) is 0 Å². The van der Waals surface area contributed by atoms with Crippen LogP contribution in [0.4, 0.5) is 0 Å². The van der Waals surface area contributed by atoms with Gasteiger partial charge in [-0.3, -0.25) is 0 Å². The molecule has 0 atom stereocenters. The van der Waals surface area contributed by atoms with Gasteiger partial charge in [0.25, 0.3) is 0 Å². The van der Waals surface area contributed by atoms with Crippen LogP contribution < -0.4 is 0 Å². The molecule has 156 valence electrons. The molecule has 0 amide bonds. The lowest BCUT2D eigenvalue weighted by atomic mass is 10.0. The van der Waals surface area contributed by atoms with Crippen molar-refractivity contribution in [1.29, 1.82) is 0 Å². The highest BCUT2D eigenvalue weighted by Gasteiger charge is 1.97. The predicted molar refractivity (Wildman–Crippen MR) is 114 cm³/mol. The predicted octanol–water partition coefficient (Wildman–Crippen LogP) is 7.84. The number of rotatable bonds is 0. The van der Waals surface area contributed by atoms with Gasteiger partial charge in [0.05, 0.1) is 0 Å². The molecule has 1 heterocycles. The van der Waals surface area contributed by atoms with Crippen LogP contribution in [0.2, 0.25) is 0 Å². The van der Waals surface area contributed by atoms with Crippen molar-refractivity contribution >= 4 is 0 Å². The van der Waals surface area contributed by atoms with E-state index in [-0.39, 0.29) is 0 Å². The van der Waals surface area contributed by atoms with Crippen LogP contribution in [-0.2, 0) is 9.47 Å². The Hall–Kier alpha value is -0.0800. The van der Waals surface area contributed by atoms with Crippen molar-refractivity contribution in [2.24, 2.45) is 0 Å². The Kier molecular flexibility index (Phi) is 19.6. The van der Waals surface area contributed by atoms with E-state index < -0.39 is 0 Å². The first-order valence-electron chi connectivity index (χ1n) is 12.2. The van der Waals surface area contributed by atoms with E-state index in [1.54, 1.807) is 0 Å². The third-order valence-corrected chi connectivity index (χ3v) is 5.65. The Labute approximate surface area is 164 Å². The molecular formula is C24H48O2. The van der Waals surface area contributed by atoms with Crippen LogP contribution in [0.5, 0.6) is 0 Å². The minimum Gasteiger partial charge on any atom is -0.381 e. The van der Waals surface area contributed by atoms with E-state index in [1.165, 1.54) is 116 Å². The van der Waals surface area contributed by atoms with Crippen LogP contribution in [0.15, 0.2) is 0 Å². The number of ether oxygens (including phenoxy) is 2. The lowest BCUT2D eigenvalue weighted by Gasteiger charge is -2.07. The Bertz CT molecular complexity index is 132. The van der Waals surface area contributed by atoms with Gasteiger partial charge in [-0.25, -0.2) is 0 Å². The third kappa shape index (κ3) is 18.7. The zero-order valence-electron chi connectivity index (χ0n) is 17.8. The topological polar surface area (TPSA) is 18.5 Å². The van der Waals surface area contributed by atoms with E-state index in [0.717, 1.165) is 39.3 Å². The highest BCUT2D eigenvalue weighted by Crippen LogP contribution is 2.14. The third-order valence-electron chi connectivity index (χ3n) is 5.65. The lowest BCUT2D eigenvalue weighted by molar-refractivity contribution is 0.0991. The first kappa shape index (κ1) is 24.0. The van der Waals surface area contributed by atoms with Crippen molar-refractivity contribution < 1.29 is 9.47 Å². The fourth-order valence-corrected chi connectivity index (χ4v) is 3.85. The molecule has 0 spiro atoms. The molecule has 0 N–H and O–H groups in total. The summed E-state index contributed by atoms with van der Waals surface area (Å²) in [5.74, 6) is 0. The molecule has 1 saturated heterocycles. The second-order valence-electron chi connectivity index (χ2n) is 8.30. The number of hydrogen-bond donors (Lipinski definition) is 0. The number of hydrogen-bond acceptors (Lipinski definition) is 2. The molecule has 0 aromatic carbocycles. The van der Waals surface area contributed by atoms with Crippen molar-refractivity contribution in [1.82, 2.24) is 0 Å². The van der Waals surface area contributed by atoms with Crippen molar-refractivity contribution in [3.05, 3.63) is 0 Å². The SMILES string of the molecule is C1CCCCCCCCCCOCCCCOCCCCCCCCC1. The van der Waals surface area contributed by atoms with Gasteiger partial charge in [-0.2, -0.15) is 0 Å². The van der Waals surface area contributed by atoms with E-state index in [4.69, 9.17) is 9.47 Å². The average Bonchev–Trinajstić information content (AvgIpc) is 2.65. The monoisotopic (exact) mass is 368 g/mol. The molecule has 1 aliphatic rings. The molecule has 1 rings (SSSR count). The molecule has 0 radical (unpaired) electrons. The molecule has 0 aromatic heterocycles. The molecular weight excluding hydrogens is 320 g/mol. The first-order valence-corrected chi connectivity index (χ1v) is 12.2. The molecule has 1 aliphatic heterocycles. The maximum Gasteiger partial charge on any atom is 0.0466 e. The standard InChI is InChI=1S/C24H48O2/c1-2-4-6-8-10-12-14-16-18-22-26-24-20-19-23-25-21-17-15-13-11-9-7-5-3-1/h1-24H2. The quantitative estimate of drug-likeness (QED) is 0.433. The second-order valence-corrected chi connectivity index (χ2v) is 8.30. The van der Waals surface area contributed by atoms with Gasteiger partial charge in [0.2, 0.25) is 0 Å². The van der Waals surface area contributed by atoms with E-state index in [9.17, 15) is 0 Å². The Morgan fingerprint density at radius 2 is 0.346 bits per heavy atom. The van der Waals surface area contributed by atoms with Crippen molar-refractivity contribution in [3.8, 4) is 0 Å². The van der Waals surface area contributed by atoms with Crippen molar-refractivity contribution in [2.75, 3.05) is 26.4 Å². The van der Waals surface area contributed by atoms with Gasteiger partial charge in [0, 0.05) is 26.4 Å². The van der Waals surface area contributed by atoms with Crippen LogP contribution in [0, 0.1) is 0 Å². The molecule has 2 heteroatoms. The minimum absolute atomic E-state index is 0.920. The van der Waals surface area contributed by atoms with Crippen LogP contribution >= 0.6 is 0 Å². The van der Waals surface area contributed by atoms with E-state index in [2.05, 4.69) is 0 Å². The maximum absolute atomic E-state index is 5.74. The summed E-state index contributed by atoms with van der Waals surface area (Å²) in [5.41, 5.74) is 0. The van der Waals surface area contributed by atoms with E-state index >= 15 is 0 Å². The summed E-state index contributed by atoms with van der Waals surface area (Å²) in [5, 5.41) is 0. The van der Waals surface area contributed by atoms with Gasteiger partial charge in [-0.05, 0) is 25.7 Å². The zero-order chi connectivity index (χ0) is 18.4. The summed E-state index contributed by atoms with van der Waals surface area (Å²) < 4.78 is 11.5. The van der Waals surface area contributed by atoms with Gasteiger partial charge < -0.3 is 9.47 Å². The average molecular weight is 369 g/mol. The molecule has 0 aliphatic carbocycles. The molecule has 0 unspecified atom stereocenters. The fourth-order valence-electron chi connectivity index (χ4n) is 3.85. The summed E-state index contributed by atoms with van der Waals surface area (Å²) in [4.78, 5) is 0. The Morgan fingerprint density at radius 1 is 0.192 bits per heavy atom. The molecule has 1 fully saturated rings. The van der Waals surface area contributed by atoms with E-state index in [1.807, 2.05) is 0 Å². The lowest BCUT2D eigenvalue weighted by Crippen LogP contribution is -2.01. The smallest absolute Gasteiger partial charge is 0.0466 e. The summed E-state index contributed by atoms with van der Waals surface area (Å²) in [6.45, 7) is 3.76. The largest absolute Gasteiger partial charge is 0.381 e. The normalized spacial score (nSPS) is 24.0. The summed E-state index contributed by atoms with van der Waals surface area (Å²) in [7, 11) is 0. The van der Waals surface area contributed by atoms with Crippen LogP contribution in [0.25, 0.3) is 0 Å². The second kappa shape index (κ2) is 21.2. The summed E-state index contributed by atoms with van der Waals surface area (Å²) in [6.07, 6.45) is 27.8. The zero-order valence-corrected chi connectivity index (χ0v) is 17.8. The van der Waals surface area contributed by atoms with Crippen molar-refractivity contribution in [3.63, 3.8) is 0 Å². The maximum atomic E-state index is 5.74. The van der Waals surface area contributed by atoms with Gasteiger partial charge >= 0.3 is 0 Å². The van der Waals surface area contributed by atoms with Gasteiger partial charge in [0.15, 0.2) is 0 Å². The molecule has 2 nitrogen and oxygen atoms in total. The highest BCUT2D eigenvalue weighted by atomic mass is 16.5. The Morgan fingerprint density at radius 3 is 0.577 bits per heavy atom. The molecule has 0 bridgehead atoms. The highest BCUT2D eigenvalue weighted by molar-refractivity contribution is 4.51. The van der Waals surface area contributed by atoms with Crippen LogP contribution in [0.1, 0.15) is 128 Å². The van der Waals surface area contributed by atoms with Gasteiger partial charge in [0.1, 0.15) is 0 Å². The summed E-state index contributed by atoms with van der Waals surface area (Å²) >= 11 is 0. The summed E-state index contributed by atoms with van der Waals surface area (Å²) in [6, 6.07) is 0. The fraction of sp³-hybridized carbons (Fsp3) is 1.00. The molecule has 26 heavy (non-hydrogen) atoms. The van der Waals surface area contributed by atoms with Gasteiger partial charge in [-0.1, -0.05) is 103 Å².